The Balaban J connectivity index is 0.00000121. The van der Waals surface area contributed by atoms with Gasteiger partial charge in [-0.25, -0.2) is 4.98 Å². The first-order valence-corrected chi connectivity index (χ1v) is 4.42. The van der Waals surface area contributed by atoms with E-state index in [1.807, 2.05) is 0 Å². The van der Waals surface area contributed by atoms with Gasteiger partial charge in [0.1, 0.15) is 5.15 Å². The van der Waals surface area contributed by atoms with Gasteiger partial charge in [-0.1, -0.05) is 17.7 Å². The maximum atomic E-state index is 10.4. The molecule has 1 N–H and O–H groups in total. The van der Waals surface area contributed by atoms with Gasteiger partial charge in [0, 0.05) is 0 Å². The minimum absolute atomic E-state index is 0. The molecule has 0 saturated carbocycles. The number of hydrogen-bond acceptors (Lipinski definition) is 3. The molecule has 0 unspecified atom stereocenters. The van der Waals surface area contributed by atoms with Crippen LogP contribution in [0.5, 0.6) is 0 Å². The second-order valence-corrected chi connectivity index (χ2v) is 3.53. The number of nitrogens with zero attached hydrogens (tertiary/aromatic N) is 1. The number of rotatable bonds is 1. The third-order valence-corrected chi connectivity index (χ3v) is 1.92. The summed E-state index contributed by atoms with van der Waals surface area (Å²) in [6, 6.07) is 3.95. The number of aromatic nitrogens is 1. The molecule has 0 atom stereocenters. The molecule has 0 aliphatic carbocycles. The number of pyridine rings is 1. The molecule has 4 nitrogen and oxygen atoms in total. The molecule has 1 aromatic heterocycles. The Bertz CT molecular complexity index is 367. The molecule has 1 rings (SSSR count). The summed E-state index contributed by atoms with van der Waals surface area (Å²) < 4.78 is 29.3. The average molecular weight is 234 g/mol. The van der Waals surface area contributed by atoms with E-state index >= 15 is 0 Å². The Morgan fingerprint density at radius 2 is 2.00 bits per heavy atom. The van der Waals surface area contributed by atoms with Crippen molar-refractivity contribution in [2.45, 2.75) is 5.03 Å². The molecule has 12 heavy (non-hydrogen) atoms. The molecule has 62 valence electrons. The Hall–Kier alpha value is 0.986. The molecule has 7 heteroatoms. The van der Waals surface area contributed by atoms with Crippen molar-refractivity contribution < 1.29 is 13.0 Å². The van der Waals surface area contributed by atoms with E-state index in [0.29, 0.717) is 0 Å². The van der Waals surface area contributed by atoms with Crippen molar-refractivity contribution in [3.63, 3.8) is 0 Å². The van der Waals surface area contributed by atoms with Crippen molar-refractivity contribution in [2.24, 2.45) is 0 Å². The molecule has 1 aromatic rings. The van der Waals surface area contributed by atoms with E-state index in [2.05, 4.69) is 4.98 Å². The quantitative estimate of drug-likeness (QED) is 0.431. The Kier molecular flexibility index (Phi) is 5.43. The zero-order valence-electron chi connectivity index (χ0n) is 5.23. The molecule has 0 saturated heterocycles. The van der Waals surface area contributed by atoms with Crippen LogP contribution in [0.4, 0.5) is 0 Å². The van der Waals surface area contributed by atoms with Crippen LogP contribution < -0.4 is 0 Å². The van der Waals surface area contributed by atoms with E-state index in [9.17, 15) is 8.42 Å². The van der Waals surface area contributed by atoms with E-state index in [4.69, 9.17) is 16.2 Å². The van der Waals surface area contributed by atoms with Crippen LogP contribution in [0, 0.1) is 0 Å². The summed E-state index contributed by atoms with van der Waals surface area (Å²) in [4.78, 5) is 3.37. The molecule has 0 spiro atoms. The molecule has 1 heterocycles. The van der Waals surface area contributed by atoms with Crippen molar-refractivity contribution in [2.75, 3.05) is 0 Å². The molecule has 0 amide bonds. The van der Waals surface area contributed by atoms with Gasteiger partial charge >= 0.3 is 61.5 Å². The molecule has 0 fully saturated rings. The average Bonchev–Trinajstić information content (AvgIpc) is 1.86. The predicted molar refractivity (Wildman–Crippen MR) is 46.2 cm³/mol. The van der Waals surface area contributed by atoms with Gasteiger partial charge in [-0.05, 0) is 12.1 Å². The van der Waals surface area contributed by atoms with E-state index in [1.54, 1.807) is 0 Å². The van der Waals surface area contributed by atoms with E-state index in [1.165, 1.54) is 12.1 Å². The summed E-state index contributed by atoms with van der Waals surface area (Å²) in [7, 11) is -4.22. The SMILES string of the molecule is O=S(=O)(O)c1cccc(Cl)n1.[KH]. The normalized spacial score (nSPS) is 10.5. The summed E-state index contributed by atoms with van der Waals surface area (Å²) in [5.74, 6) is 0. The van der Waals surface area contributed by atoms with E-state index < -0.39 is 15.1 Å². The molecule has 0 bridgehead atoms. The third kappa shape index (κ3) is 3.80. The fourth-order valence-electron chi connectivity index (χ4n) is 0.533. The predicted octanol–water partition coefficient (Wildman–Crippen LogP) is 0.333. The Morgan fingerprint density at radius 3 is 2.33 bits per heavy atom. The zero-order chi connectivity index (χ0) is 8.48. The van der Waals surface area contributed by atoms with Crippen LogP contribution in [0.1, 0.15) is 0 Å². The Labute approximate surface area is 118 Å². The fourth-order valence-corrected chi connectivity index (χ4v) is 1.21. The molecular formula is C5H5ClKNO3S. The molecule has 0 aliphatic heterocycles. The first-order valence-electron chi connectivity index (χ1n) is 2.60. The van der Waals surface area contributed by atoms with Gasteiger partial charge in [0.15, 0.2) is 5.03 Å². The third-order valence-electron chi connectivity index (χ3n) is 0.954. The van der Waals surface area contributed by atoms with Gasteiger partial charge in [0.05, 0.1) is 0 Å². The number of halogens is 1. The van der Waals surface area contributed by atoms with Gasteiger partial charge in [0.2, 0.25) is 0 Å². The molecular weight excluding hydrogens is 229 g/mol. The minimum atomic E-state index is -4.22. The first kappa shape index (κ1) is 13.0. The van der Waals surface area contributed by atoms with E-state index in [0.717, 1.165) is 6.07 Å². The molecule has 0 aliphatic rings. The van der Waals surface area contributed by atoms with Crippen molar-refractivity contribution >= 4 is 73.1 Å². The van der Waals surface area contributed by atoms with Gasteiger partial charge in [-0.3, -0.25) is 4.55 Å². The first-order chi connectivity index (χ1) is 5.00. The second kappa shape index (κ2) is 5.01. The van der Waals surface area contributed by atoms with Gasteiger partial charge in [-0.2, -0.15) is 8.42 Å². The van der Waals surface area contributed by atoms with Crippen molar-refractivity contribution in [1.29, 1.82) is 0 Å². The van der Waals surface area contributed by atoms with Crippen LogP contribution in [0.3, 0.4) is 0 Å². The van der Waals surface area contributed by atoms with Crippen LogP contribution >= 0.6 is 11.6 Å². The Morgan fingerprint density at radius 1 is 1.42 bits per heavy atom. The van der Waals surface area contributed by atoms with Crippen molar-refractivity contribution in [3.8, 4) is 0 Å². The summed E-state index contributed by atoms with van der Waals surface area (Å²) in [6.45, 7) is 0. The van der Waals surface area contributed by atoms with Crippen LogP contribution in [0.15, 0.2) is 23.2 Å². The fraction of sp³-hybridized carbons (Fsp3) is 0. The van der Waals surface area contributed by atoms with Gasteiger partial charge in [-0.15, -0.1) is 0 Å². The standard InChI is InChI=1S/C5H4ClNO3S.K.H/c6-4-2-1-3-5(7-4)11(8,9)10;;/h1-3H,(H,8,9,10);;. The van der Waals surface area contributed by atoms with Gasteiger partial charge in [0.25, 0.3) is 0 Å². The van der Waals surface area contributed by atoms with Crippen LogP contribution in [-0.4, -0.2) is 69.3 Å². The van der Waals surface area contributed by atoms with Gasteiger partial charge < -0.3 is 0 Å². The maximum absolute atomic E-state index is 10.4. The summed E-state index contributed by atoms with van der Waals surface area (Å²) in [5.41, 5.74) is 0. The van der Waals surface area contributed by atoms with Crippen LogP contribution in [0.25, 0.3) is 0 Å². The summed E-state index contributed by atoms with van der Waals surface area (Å²) in [6.07, 6.45) is 0. The summed E-state index contributed by atoms with van der Waals surface area (Å²) in [5, 5.41) is -0.412. The second-order valence-electron chi connectivity index (χ2n) is 1.77. The monoisotopic (exact) mass is 233 g/mol. The van der Waals surface area contributed by atoms with Crippen molar-refractivity contribution in [1.82, 2.24) is 4.98 Å². The van der Waals surface area contributed by atoms with Crippen molar-refractivity contribution in [3.05, 3.63) is 23.4 Å². The zero-order valence-corrected chi connectivity index (χ0v) is 6.80. The van der Waals surface area contributed by atoms with Crippen LogP contribution in [0.2, 0.25) is 5.15 Å². The molecule has 0 aromatic carbocycles. The molecule has 0 radical (unpaired) electrons. The number of hydrogen-bond donors (Lipinski definition) is 1. The van der Waals surface area contributed by atoms with Crippen LogP contribution in [-0.2, 0) is 10.1 Å². The summed E-state index contributed by atoms with van der Waals surface area (Å²) >= 11 is 5.36. The topological polar surface area (TPSA) is 67.3 Å². The van der Waals surface area contributed by atoms with E-state index in [-0.39, 0.29) is 56.5 Å².